The number of carboxylic acid groups (broad SMARTS) is 1. The van der Waals surface area contributed by atoms with Crippen molar-refractivity contribution in [2.75, 3.05) is 0 Å². The van der Waals surface area contributed by atoms with Gasteiger partial charge in [0.15, 0.2) is 0 Å². The van der Waals surface area contributed by atoms with Gasteiger partial charge in [0.1, 0.15) is 0 Å². The lowest BCUT2D eigenvalue weighted by atomic mass is 10.0. The third-order valence-electron chi connectivity index (χ3n) is 2.66. The van der Waals surface area contributed by atoms with E-state index in [1.165, 1.54) is 0 Å². The molecule has 0 aromatic heterocycles. The summed E-state index contributed by atoms with van der Waals surface area (Å²) in [7, 11) is 0. The second kappa shape index (κ2) is 4.83. The maximum Gasteiger partial charge on any atom is 0.335 e. The quantitative estimate of drug-likeness (QED) is 0.860. The minimum absolute atomic E-state index is 0.328. The molecule has 0 atom stereocenters. The average Bonchev–Trinajstić information content (AvgIpc) is 2.35. The van der Waals surface area contributed by atoms with Gasteiger partial charge in [-0.05, 0) is 41.0 Å². The Hall–Kier alpha value is -2.09. The Kier molecular flexibility index (Phi) is 3.24. The van der Waals surface area contributed by atoms with Crippen LogP contribution < -0.4 is 0 Å². The molecule has 2 aromatic carbocycles. The highest BCUT2D eigenvalue weighted by molar-refractivity contribution is 5.94. The molecule has 0 aliphatic heterocycles. The van der Waals surface area contributed by atoms with Crippen LogP contribution in [0.2, 0.25) is 0 Å². The highest BCUT2D eigenvalue weighted by atomic mass is 16.4. The Balaban J connectivity index is 2.46. The van der Waals surface area contributed by atoms with Crippen LogP contribution in [0.3, 0.4) is 0 Å². The SMILES string of the molecule is CC/C=C/c1ccc2cc(C(=O)O)ccc2c1. The fraction of sp³-hybridized carbons (Fsp3) is 0.133. The Morgan fingerprint density at radius 3 is 2.59 bits per heavy atom. The lowest BCUT2D eigenvalue weighted by Gasteiger charge is -2.01. The first-order valence-corrected chi connectivity index (χ1v) is 5.64. The van der Waals surface area contributed by atoms with Gasteiger partial charge in [0.2, 0.25) is 0 Å². The normalized spacial score (nSPS) is 11.1. The molecule has 0 bridgehead atoms. The largest absolute Gasteiger partial charge is 0.478 e. The van der Waals surface area contributed by atoms with Gasteiger partial charge in [-0.25, -0.2) is 4.79 Å². The average molecular weight is 226 g/mol. The summed E-state index contributed by atoms with van der Waals surface area (Å²) in [6.07, 6.45) is 5.19. The summed E-state index contributed by atoms with van der Waals surface area (Å²) < 4.78 is 0. The number of allylic oxidation sites excluding steroid dienone is 1. The molecular formula is C15H14O2. The van der Waals surface area contributed by atoms with E-state index >= 15 is 0 Å². The molecular weight excluding hydrogens is 212 g/mol. The fourth-order valence-corrected chi connectivity index (χ4v) is 1.75. The molecule has 2 nitrogen and oxygen atoms in total. The van der Waals surface area contributed by atoms with E-state index in [0.717, 1.165) is 22.8 Å². The predicted octanol–water partition coefficient (Wildman–Crippen LogP) is 3.96. The van der Waals surface area contributed by atoms with E-state index in [-0.39, 0.29) is 0 Å². The molecule has 0 aliphatic rings. The van der Waals surface area contributed by atoms with Gasteiger partial charge in [0, 0.05) is 0 Å². The zero-order chi connectivity index (χ0) is 12.3. The number of hydrogen-bond donors (Lipinski definition) is 1. The highest BCUT2D eigenvalue weighted by Crippen LogP contribution is 2.19. The number of rotatable bonds is 3. The Bertz CT molecular complexity index is 582. The molecule has 2 aromatic rings. The van der Waals surface area contributed by atoms with Crippen molar-refractivity contribution >= 4 is 22.8 Å². The Morgan fingerprint density at radius 2 is 1.88 bits per heavy atom. The van der Waals surface area contributed by atoms with Crippen LogP contribution in [0.1, 0.15) is 29.3 Å². The first kappa shape index (κ1) is 11.4. The van der Waals surface area contributed by atoms with Crippen LogP contribution in [0.15, 0.2) is 42.5 Å². The van der Waals surface area contributed by atoms with E-state index in [2.05, 4.69) is 25.1 Å². The van der Waals surface area contributed by atoms with Gasteiger partial charge in [0.25, 0.3) is 0 Å². The van der Waals surface area contributed by atoms with Crippen LogP contribution >= 0.6 is 0 Å². The fourth-order valence-electron chi connectivity index (χ4n) is 1.75. The summed E-state index contributed by atoms with van der Waals surface area (Å²) in [5, 5.41) is 10.9. The van der Waals surface area contributed by atoms with E-state index < -0.39 is 5.97 Å². The predicted molar refractivity (Wildman–Crippen MR) is 70.2 cm³/mol. The summed E-state index contributed by atoms with van der Waals surface area (Å²) in [6.45, 7) is 2.09. The van der Waals surface area contributed by atoms with Crippen LogP contribution in [-0.4, -0.2) is 11.1 Å². The molecule has 0 saturated heterocycles. The van der Waals surface area contributed by atoms with Crippen molar-refractivity contribution in [2.45, 2.75) is 13.3 Å². The van der Waals surface area contributed by atoms with Crippen molar-refractivity contribution in [3.8, 4) is 0 Å². The van der Waals surface area contributed by atoms with E-state index in [1.807, 2.05) is 18.2 Å². The van der Waals surface area contributed by atoms with Crippen molar-refractivity contribution in [3.05, 3.63) is 53.6 Å². The van der Waals surface area contributed by atoms with Gasteiger partial charge in [-0.2, -0.15) is 0 Å². The first-order valence-electron chi connectivity index (χ1n) is 5.64. The second-order valence-electron chi connectivity index (χ2n) is 3.94. The maximum absolute atomic E-state index is 10.8. The number of aromatic carboxylic acids is 1. The molecule has 0 heterocycles. The molecule has 0 aliphatic carbocycles. The Morgan fingerprint density at radius 1 is 1.18 bits per heavy atom. The minimum atomic E-state index is -0.887. The third-order valence-corrected chi connectivity index (χ3v) is 2.66. The summed E-state index contributed by atoms with van der Waals surface area (Å²) in [4.78, 5) is 10.8. The standard InChI is InChI=1S/C15H14O2/c1-2-3-4-11-5-6-13-10-14(15(16)17)8-7-12(13)9-11/h3-10H,2H2,1H3,(H,16,17)/b4-3+. The lowest BCUT2D eigenvalue weighted by molar-refractivity contribution is 0.0697. The number of benzene rings is 2. The molecule has 1 N–H and O–H groups in total. The summed E-state index contributed by atoms with van der Waals surface area (Å²) >= 11 is 0. The molecule has 0 amide bonds. The highest BCUT2D eigenvalue weighted by Gasteiger charge is 2.03. The van der Waals surface area contributed by atoms with E-state index in [9.17, 15) is 4.79 Å². The molecule has 0 radical (unpaired) electrons. The van der Waals surface area contributed by atoms with Gasteiger partial charge in [-0.1, -0.05) is 37.3 Å². The van der Waals surface area contributed by atoms with Crippen LogP contribution in [0, 0.1) is 0 Å². The summed E-state index contributed by atoms with van der Waals surface area (Å²) in [5.74, 6) is -0.887. The molecule has 86 valence electrons. The molecule has 0 spiro atoms. The molecule has 17 heavy (non-hydrogen) atoms. The Labute approximate surface area is 100 Å². The molecule has 0 saturated carbocycles. The smallest absolute Gasteiger partial charge is 0.335 e. The summed E-state index contributed by atoms with van der Waals surface area (Å²) in [6, 6.07) is 11.2. The van der Waals surface area contributed by atoms with E-state index in [0.29, 0.717) is 5.56 Å². The van der Waals surface area contributed by atoms with Crippen molar-refractivity contribution in [1.82, 2.24) is 0 Å². The third kappa shape index (κ3) is 2.53. The van der Waals surface area contributed by atoms with Crippen LogP contribution in [0.5, 0.6) is 0 Å². The second-order valence-corrected chi connectivity index (χ2v) is 3.94. The zero-order valence-electron chi connectivity index (χ0n) is 9.68. The van der Waals surface area contributed by atoms with E-state index in [4.69, 9.17) is 5.11 Å². The number of carbonyl (C=O) groups is 1. The zero-order valence-corrected chi connectivity index (χ0v) is 9.68. The lowest BCUT2D eigenvalue weighted by Crippen LogP contribution is -1.95. The van der Waals surface area contributed by atoms with Gasteiger partial charge >= 0.3 is 5.97 Å². The van der Waals surface area contributed by atoms with Gasteiger partial charge in [-0.3, -0.25) is 0 Å². The minimum Gasteiger partial charge on any atom is -0.478 e. The monoisotopic (exact) mass is 226 g/mol. The van der Waals surface area contributed by atoms with Crippen LogP contribution in [0.25, 0.3) is 16.8 Å². The molecule has 0 unspecified atom stereocenters. The van der Waals surface area contributed by atoms with Gasteiger partial charge < -0.3 is 5.11 Å². The molecule has 0 fully saturated rings. The first-order chi connectivity index (χ1) is 8.20. The van der Waals surface area contributed by atoms with E-state index in [1.54, 1.807) is 12.1 Å². The van der Waals surface area contributed by atoms with Gasteiger partial charge in [-0.15, -0.1) is 0 Å². The van der Waals surface area contributed by atoms with Crippen molar-refractivity contribution in [1.29, 1.82) is 0 Å². The van der Waals surface area contributed by atoms with Crippen molar-refractivity contribution < 1.29 is 9.90 Å². The maximum atomic E-state index is 10.8. The van der Waals surface area contributed by atoms with Crippen molar-refractivity contribution in [3.63, 3.8) is 0 Å². The van der Waals surface area contributed by atoms with Crippen LogP contribution in [-0.2, 0) is 0 Å². The van der Waals surface area contributed by atoms with Crippen molar-refractivity contribution in [2.24, 2.45) is 0 Å². The topological polar surface area (TPSA) is 37.3 Å². The van der Waals surface area contributed by atoms with Gasteiger partial charge in [0.05, 0.1) is 5.56 Å². The number of carboxylic acids is 1. The molecule has 2 rings (SSSR count). The summed E-state index contributed by atoms with van der Waals surface area (Å²) in [5.41, 5.74) is 1.47. The molecule has 2 heteroatoms. The number of fused-ring (bicyclic) bond motifs is 1. The van der Waals surface area contributed by atoms with Crippen LogP contribution in [0.4, 0.5) is 0 Å². The number of hydrogen-bond acceptors (Lipinski definition) is 1.